The summed E-state index contributed by atoms with van der Waals surface area (Å²) >= 11 is 4.37. The van der Waals surface area contributed by atoms with Gasteiger partial charge in [-0.15, -0.1) is 0 Å². The molecule has 4 aromatic rings. The first-order valence-corrected chi connectivity index (χ1v) is 8.63. The summed E-state index contributed by atoms with van der Waals surface area (Å²) < 4.78 is 32.7. The van der Waals surface area contributed by atoms with Crippen molar-refractivity contribution in [1.29, 1.82) is 0 Å². The van der Waals surface area contributed by atoms with Gasteiger partial charge in [-0.25, -0.2) is 0 Å². The Kier molecular flexibility index (Phi) is 3.06. The summed E-state index contributed by atoms with van der Waals surface area (Å²) in [7, 11) is -3.94. The molecule has 4 nitrogen and oxygen atoms in total. The van der Waals surface area contributed by atoms with Crippen LogP contribution in [0, 0.1) is 0 Å². The predicted molar refractivity (Wildman–Crippen MR) is 93.4 cm³/mol. The van der Waals surface area contributed by atoms with Gasteiger partial charge in [0.15, 0.2) is 0 Å². The van der Waals surface area contributed by atoms with E-state index < -0.39 is 10.0 Å². The second kappa shape index (κ2) is 4.99. The highest BCUT2D eigenvalue weighted by atomic mass is 32.2. The molecule has 0 spiro atoms. The molecule has 1 heterocycles. The van der Waals surface area contributed by atoms with Gasteiger partial charge in [-0.05, 0) is 34.4 Å². The van der Waals surface area contributed by atoms with E-state index in [1.54, 1.807) is 0 Å². The first-order valence-electron chi connectivity index (χ1n) is 6.78. The summed E-state index contributed by atoms with van der Waals surface area (Å²) in [6.45, 7) is 0. The summed E-state index contributed by atoms with van der Waals surface area (Å²) in [5.41, 5.74) is 0.520. The van der Waals surface area contributed by atoms with E-state index in [2.05, 4.69) is 16.6 Å². The zero-order valence-electron chi connectivity index (χ0n) is 11.7. The molecule has 0 unspecified atom stereocenters. The van der Waals surface area contributed by atoms with E-state index in [1.807, 2.05) is 53.7 Å². The molecule has 0 bridgehead atoms. The van der Waals surface area contributed by atoms with Crippen LogP contribution in [0.15, 0.2) is 68.5 Å². The van der Waals surface area contributed by atoms with Crippen molar-refractivity contribution in [3.63, 3.8) is 0 Å². The van der Waals surface area contributed by atoms with Crippen LogP contribution >= 0.6 is 12.2 Å². The molecule has 6 heteroatoms. The molecule has 0 saturated carbocycles. The monoisotopic (exact) mass is 339 g/mol. The van der Waals surface area contributed by atoms with E-state index in [1.165, 1.54) is 6.07 Å². The zero-order valence-corrected chi connectivity index (χ0v) is 13.3. The van der Waals surface area contributed by atoms with E-state index >= 15 is 0 Å². The van der Waals surface area contributed by atoms with E-state index in [9.17, 15) is 8.42 Å². The molecule has 0 amide bonds. The van der Waals surface area contributed by atoms with Crippen molar-refractivity contribution in [1.82, 2.24) is 0 Å². The number of furan rings is 1. The predicted octanol–water partition coefficient (Wildman–Crippen LogP) is 4.53. The molecule has 112 valence electrons. The standard InChI is InChI=1S/C17H9NO3S2/c19-23(20,18-10-22)16-9-12-6-7-14-13-4-2-1-3-11(13)5-8-15(14)17(12)21-16/h1-9H. The summed E-state index contributed by atoms with van der Waals surface area (Å²) in [5, 5.41) is 6.41. The normalized spacial score (nSPS) is 11.8. The third-order valence-corrected chi connectivity index (χ3v) is 5.04. The van der Waals surface area contributed by atoms with Crippen LogP contribution in [0.5, 0.6) is 0 Å². The Labute approximate surface area is 137 Å². The third-order valence-electron chi connectivity index (χ3n) is 3.79. The maximum absolute atomic E-state index is 12.0. The molecule has 0 radical (unpaired) electrons. The Bertz CT molecular complexity index is 1230. The lowest BCUT2D eigenvalue weighted by Crippen LogP contribution is -1.92. The van der Waals surface area contributed by atoms with Crippen LogP contribution in [0.2, 0.25) is 0 Å². The highest BCUT2D eigenvalue weighted by Crippen LogP contribution is 2.34. The van der Waals surface area contributed by atoms with Gasteiger partial charge in [0, 0.05) is 16.8 Å². The number of fused-ring (bicyclic) bond motifs is 5. The van der Waals surface area contributed by atoms with Crippen LogP contribution in [0.4, 0.5) is 0 Å². The third kappa shape index (κ3) is 2.16. The highest BCUT2D eigenvalue weighted by Gasteiger charge is 2.19. The first kappa shape index (κ1) is 14.1. The number of rotatable bonds is 2. The summed E-state index contributed by atoms with van der Waals surface area (Å²) in [6, 6.07) is 17.2. The second-order valence-corrected chi connectivity index (χ2v) is 6.81. The van der Waals surface area contributed by atoms with Crippen LogP contribution in [-0.2, 0) is 10.0 Å². The molecule has 0 saturated heterocycles. The second-order valence-electron chi connectivity index (χ2n) is 5.09. The average molecular weight is 339 g/mol. The Morgan fingerprint density at radius 1 is 0.913 bits per heavy atom. The number of hydrogen-bond acceptors (Lipinski definition) is 4. The minimum absolute atomic E-state index is 0.231. The topological polar surface area (TPSA) is 59.6 Å². The number of sulfonamides is 1. The lowest BCUT2D eigenvalue weighted by atomic mass is 10.0. The van der Waals surface area contributed by atoms with E-state index in [0.29, 0.717) is 11.0 Å². The number of thiocarbonyl (C=S) groups is 1. The molecule has 0 N–H and O–H groups in total. The smallest absolute Gasteiger partial charge is 0.324 e. The van der Waals surface area contributed by atoms with E-state index in [0.717, 1.165) is 21.5 Å². The lowest BCUT2D eigenvalue weighted by molar-refractivity contribution is 0.484. The van der Waals surface area contributed by atoms with Crippen molar-refractivity contribution in [3.05, 3.63) is 54.6 Å². The molecule has 0 aliphatic heterocycles. The molecular weight excluding hydrogens is 330 g/mol. The minimum Gasteiger partial charge on any atom is -0.442 e. The number of hydrogen-bond donors (Lipinski definition) is 0. The van der Waals surface area contributed by atoms with Gasteiger partial charge in [-0.2, -0.15) is 8.42 Å². The molecule has 4 rings (SSSR count). The number of benzene rings is 3. The van der Waals surface area contributed by atoms with Gasteiger partial charge < -0.3 is 4.42 Å². The van der Waals surface area contributed by atoms with Crippen molar-refractivity contribution in [2.45, 2.75) is 5.09 Å². The van der Waals surface area contributed by atoms with Crippen molar-refractivity contribution in [3.8, 4) is 0 Å². The first-order chi connectivity index (χ1) is 11.1. The molecule has 23 heavy (non-hydrogen) atoms. The fraction of sp³-hybridized carbons (Fsp3) is 0. The molecule has 0 aliphatic rings. The number of nitrogens with zero attached hydrogens (tertiary/aromatic N) is 1. The average Bonchev–Trinajstić information content (AvgIpc) is 3.00. The quantitative estimate of drug-likeness (QED) is 0.306. The van der Waals surface area contributed by atoms with Crippen molar-refractivity contribution in [2.24, 2.45) is 4.40 Å². The van der Waals surface area contributed by atoms with Gasteiger partial charge in [-0.1, -0.05) is 46.9 Å². The molecule has 1 aromatic heterocycles. The summed E-state index contributed by atoms with van der Waals surface area (Å²) in [6.07, 6.45) is 0. The maximum Gasteiger partial charge on any atom is 0.324 e. The maximum atomic E-state index is 12.0. The van der Waals surface area contributed by atoms with Crippen LogP contribution in [-0.4, -0.2) is 13.6 Å². The van der Waals surface area contributed by atoms with Gasteiger partial charge >= 0.3 is 10.0 Å². The number of isothiocyanates is 1. The van der Waals surface area contributed by atoms with Gasteiger partial charge in [0.2, 0.25) is 5.09 Å². The van der Waals surface area contributed by atoms with Crippen LogP contribution in [0.25, 0.3) is 32.5 Å². The minimum atomic E-state index is -3.94. The fourth-order valence-corrected chi connectivity index (χ4v) is 3.73. The van der Waals surface area contributed by atoms with E-state index in [4.69, 9.17) is 4.42 Å². The van der Waals surface area contributed by atoms with Crippen molar-refractivity contribution in [2.75, 3.05) is 0 Å². The van der Waals surface area contributed by atoms with Gasteiger partial charge in [0.25, 0.3) is 0 Å². The molecule has 0 aliphatic carbocycles. The van der Waals surface area contributed by atoms with Gasteiger partial charge in [0.1, 0.15) is 5.58 Å². The molecule has 3 aromatic carbocycles. The summed E-state index contributed by atoms with van der Waals surface area (Å²) in [5.74, 6) is 0. The summed E-state index contributed by atoms with van der Waals surface area (Å²) in [4.78, 5) is 0. The van der Waals surface area contributed by atoms with Crippen LogP contribution < -0.4 is 0 Å². The molecule has 0 fully saturated rings. The SMILES string of the molecule is O=S(=O)(N=C=S)c1cc2ccc3c4ccccc4ccc3c2o1. The highest BCUT2D eigenvalue weighted by molar-refractivity contribution is 7.90. The molecular formula is C17H9NO3S2. The fourth-order valence-electron chi connectivity index (χ4n) is 2.78. The Hall–Kier alpha value is -2.53. The Morgan fingerprint density at radius 3 is 2.48 bits per heavy atom. The Morgan fingerprint density at radius 2 is 1.65 bits per heavy atom. The van der Waals surface area contributed by atoms with Gasteiger partial charge in [0.05, 0.1) is 5.16 Å². The molecule has 0 atom stereocenters. The van der Waals surface area contributed by atoms with Crippen LogP contribution in [0.3, 0.4) is 0 Å². The Balaban J connectivity index is 2.11. The van der Waals surface area contributed by atoms with E-state index in [-0.39, 0.29) is 5.09 Å². The largest absolute Gasteiger partial charge is 0.442 e. The van der Waals surface area contributed by atoms with Gasteiger partial charge in [-0.3, -0.25) is 0 Å². The van der Waals surface area contributed by atoms with Crippen LogP contribution in [0.1, 0.15) is 0 Å². The lowest BCUT2D eigenvalue weighted by Gasteiger charge is -2.03. The van der Waals surface area contributed by atoms with Crippen molar-refractivity contribution >= 4 is 59.9 Å². The zero-order chi connectivity index (χ0) is 16.0. The van der Waals surface area contributed by atoms with Crippen molar-refractivity contribution < 1.29 is 12.8 Å².